The topological polar surface area (TPSA) is 52.5 Å². The highest BCUT2D eigenvalue weighted by Crippen LogP contribution is 2.10. The van der Waals surface area contributed by atoms with Crippen LogP contribution < -0.4 is 5.32 Å². The van der Waals surface area contributed by atoms with Gasteiger partial charge in [-0.1, -0.05) is 89.9 Å². The molecule has 0 saturated heterocycles. The lowest BCUT2D eigenvalue weighted by Crippen LogP contribution is -2.16. The van der Waals surface area contributed by atoms with Crippen molar-refractivity contribution >= 4 is 0 Å². The summed E-state index contributed by atoms with van der Waals surface area (Å²) in [6.07, 6.45) is 23.4. The summed E-state index contributed by atoms with van der Waals surface area (Å²) in [5.74, 6) is 0. The van der Waals surface area contributed by atoms with Crippen molar-refractivity contribution in [2.75, 3.05) is 26.3 Å². The molecule has 0 saturated carbocycles. The molecule has 0 amide bonds. The van der Waals surface area contributed by atoms with E-state index in [0.717, 1.165) is 12.8 Å². The summed E-state index contributed by atoms with van der Waals surface area (Å²) in [6.45, 7) is 3.11. The van der Waals surface area contributed by atoms with E-state index < -0.39 is 0 Å². The van der Waals surface area contributed by atoms with Gasteiger partial charge in [-0.05, 0) is 38.8 Å². The lowest BCUT2D eigenvalue weighted by molar-refractivity contribution is 0.282. The van der Waals surface area contributed by atoms with Crippen molar-refractivity contribution in [1.29, 1.82) is 0 Å². The van der Waals surface area contributed by atoms with Crippen LogP contribution in [0.5, 0.6) is 0 Å². The Labute approximate surface area is 158 Å². The Morgan fingerprint density at radius 1 is 0.320 bits per heavy atom. The number of aliphatic hydroxyl groups is 2. The van der Waals surface area contributed by atoms with Gasteiger partial charge in [0.05, 0.1) is 0 Å². The number of nitrogens with one attached hydrogen (secondary N) is 1. The summed E-state index contributed by atoms with van der Waals surface area (Å²) in [6, 6.07) is 0. The van der Waals surface area contributed by atoms with Gasteiger partial charge < -0.3 is 15.5 Å². The number of hydrogen-bond acceptors (Lipinski definition) is 3. The fourth-order valence-electron chi connectivity index (χ4n) is 3.32. The van der Waals surface area contributed by atoms with Gasteiger partial charge in [-0.3, -0.25) is 0 Å². The van der Waals surface area contributed by atoms with Gasteiger partial charge in [0.15, 0.2) is 0 Å². The van der Waals surface area contributed by atoms with Crippen LogP contribution in [0.25, 0.3) is 0 Å². The van der Waals surface area contributed by atoms with Crippen molar-refractivity contribution in [2.45, 2.75) is 116 Å². The van der Waals surface area contributed by atoms with Crippen molar-refractivity contribution in [1.82, 2.24) is 5.32 Å². The fourth-order valence-corrected chi connectivity index (χ4v) is 3.32. The smallest absolute Gasteiger partial charge is 0.0431 e. The Bertz CT molecular complexity index is 202. The summed E-state index contributed by atoms with van der Waals surface area (Å²) in [5, 5.41) is 21.0. The Morgan fingerprint density at radius 3 is 0.840 bits per heavy atom. The van der Waals surface area contributed by atoms with E-state index in [1.165, 1.54) is 116 Å². The molecule has 0 aliphatic heterocycles. The number of hydrogen-bond donors (Lipinski definition) is 3. The molecular formula is C22H47NO2. The van der Waals surface area contributed by atoms with Crippen LogP contribution in [0.4, 0.5) is 0 Å². The molecule has 0 aliphatic carbocycles. The molecule has 3 nitrogen and oxygen atoms in total. The maximum Gasteiger partial charge on any atom is 0.0431 e. The third-order valence-electron chi connectivity index (χ3n) is 5.02. The maximum absolute atomic E-state index is 8.71. The minimum absolute atomic E-state index is 0.360. The van der Waals surface area contributed by atoms with Crippen LogP contribution in [0.2, 0.25) is 0 Å². The Hall–Kier alpha value is -0.120. The maximum atomic E-state index is 8.71. The summed E-state index contributed by atoms with van der Waals surface area (Å²) < 4.78 is 0. The van der Waals surface area contributed by atoms with Gasteiger partial charge in [0.2, 0.25) is 0 Å². The predicted octanol–water partition coefficient (Wildman–Crippen LogP) is 5.58. The summed E-state index contributed by atoms with van der Waals surface area (Å²) in [5.41, 5.74) is 0. The summed E-state index contributed by atoms with van der Waals surface area (Å²) in [7, 11) is 0. The van der Waals surface area contributed by atoms with Crippen molar-refractivity contribution in [3.8, 4) is 0 Å². The molecule has 0 fully saturated rings. The van der Waals surface area contributed by atoms with E-state index in [4.69, 9.17) is 10.2 Å². The highest BCUT2D eigenvalue weighted by atomic mass is 16.3. The quantitative estimate of drug-likeness (QED) is 0.222. The molecule has 152 valence electrons. The van der Waals surface area contributed by atoms with E-state index in [-0.39, 0.29) is 0 Å². The zero-order valence-electron chi connectivity index (χ0n) is 17.0. The van der Waals surface area contributed by atoms with Crippen LogP contribution >= 0.6 is 0 Å². The zero-order valence-corrected chi connectivity index (χ0v) is 17.0. The lowest BCUT2D eigenvalue weighted by atomic mass is 10.1. The van der Waals surface area contributed by atoms with E-state index >= 15 is 0 Å². The second-order valence-electron chi connectivity index (χ2n) is 7.56. The first-order valence-corrected chi connectivity index (χ1v) is 11.3. The lowest BCUT2D eigenvalue weighted by Gasteiger charge is -2.05. The normalized spacial score (nSPS) is 11.3. The van der Waals surface area contributed by atoms with Crippen LogP contribution in [0.1, 0.15) is 116 Å². The second-order valence-corrected chi connectivity index (χ2v) is 7.56. The molecule has 0 aromatic heterocycles. The minimum Gasteiger partial charge on any atom is -0.396 e. The van der Waals surface area contributed by atoms with Crippen LogP contribution in [0.15, 0.2) is 0 Å². The van der Waals surface area contributed by atoms with Gasteiger partial charge in [-0.25, -0.2) is 0 Å². The first-order chi connectivity index (χ1) is 12.4. The van der Waals surface area contributed by atoms with E-state index in [9.17, 15) is 0 Å². The van der Waals surface area contributed by atoms with Crippen LogP contribution in [-0.2, 0) is 0 Å². The average Bonchev–Trinajstić information content (AvgIpc) is 2.63. The van der Waals surface area contributed by atoms with Crippen LogP contribution in [0, 0.1) is 0 Å². The monoisotopic (exact) mass is 357 g/mol. The van der Waals surface area contributed by atoms with Gasteiger partial charge in [0.25, 0.3) is 0 Å². The van der Waals surface area contributed by atoms with E-state index in [1.54, 1.807) is 0 Å². The molecule has 3 heteroatoms. The molecule has 0 aromatic carbocycles. The fraction of sp³-hybridized carbons (Fsp3) is 1.00. The number of rotatable bonds is 22. The molecule has 0 rings (SSSR count). The molecule has 0 aromatic rings. The molecule has 0 radical (unpaired) electrons. The summed E-state index contributed by atoms with van der Waals surface area (Å²) in [4.78, 5) is 0. The largest absolute Gasteiger partial charge is 0.396 e. The SMILES string of the molecule is OCCCCCCCCCCCNCCCCCCCCCCCO. The third-order valence-corrected chi connectivity index (χ3v) is 5.02. The van der Waals surface area contributed by atoms with Crippen molar-refractivity contribution < 1.29 is 10.2 Å². The van der Waals surface area contributed by atoms with Gasteiger partial charge in [0.1, 0.15) is 0 Å². The van der Waals surface area contributed by atoms with Gasteiger partial charge >= 0.3 is 0 Å². The highest BCUT2D eigenvalue weighted by Gasteiger charge is 1.94. The van der Waals surface area contributed by atoms with Gasteiger partial charge in [-0.15, -0.1) is 0 Å². The number of aliphatic hydroxyl groups excluding tert-OH is 2. The molecule has 0 unspecified atom stereocenters. The van der Waals surface area contributed by atoms with Crippen LogP contribution in [0.3, 0.4) is 0 Å². The number of unbranched alkanes of at least 4 members (excludes halogenated alkanes) is 16. The van der Waals surface area contributed by atoms with Crippen molar-refractivity contribution in [2.24, 2.45) is 0 Å². The molecule has 0 atom stereocenters. The summed E-state index contributed by atoms with van der Waals surface area (Å²) >= 11 is 0. The molecule has 0 heterocycles. The Balaban J connectivity index is 2.94. The molecule has 3 N–H and O–H groups in total. The van der Waals surface area contributed by atoms with Gasteiger partial charge in [-0.2, -0.15) is 0 Å². The second kappa shape index (κ2) is 23.9. The standard InChI is InChI=1S/C22H47NO2/c24-21-17-13-9-5-1-3-7-11-15-19-23-20-16-12-8-4-2-6-10-14-18-22-25/h23-25H,1-22H2. The first-order valence-electron chi connectivity index (χ1n) is 11.3. The molecule has 0 aliphatic rings. The van der Waals surface area contributed by atoms with E-state index in [1.807, 2.05) is 0 Å². The minimum atomic E-state index is 0.360. The van der Waals surface area contributed by atoms with Crippen molar-refractivity contribution in [3.63, 3.8) is 0 Å². The van der Waals surface area contributed by atoms with Gasteiger partial charge in [0, 0.05) is 13.2 Å². The molecular weight excluding hydrogens is 310 g/mol. The molecule has 0 bridgehead atoms. The van der Waals surface area contributed by atoms with Crippen molar-refractivity contribution in [3.05, 3.63) is 0 Å². The highest BCUT2D eigenvalue weighted by molar-refractivity contribution is 4.53. The third kappa shape index (κ3) is 23.9. The predicted molar refractivity (Wildman–Crippen MR) is 110 cm³/mol. The average molecular weight is 358 g/mol. The molecule has 0 spiro atoms. The first kappa shape index (κ1) is 24.9. The Morgan fingerprint density at radius 2 is 0.560 bits per heavy atom. The van der Waals surface area contributed by atoms with Crippen LogP contribution in [-0.4, -0.2) is 36.5 Å². The Kier molecular flexibility index (Phi) is 23.8. The van der Waals surface area contributed by atoms with E-state index in [0.29, 0.717) is 13.2 Å². The molecule has 25 heavy (non-hydrogen) atoms. The zero-order chi connectivity index (χ0) is 18.3. The van der Waals surface area contributed by atoms with E-state index in [2.05, 4.69) is 5.32 Å².